The lowest BCUT2D eigenvalue weighted by molar-refractivity contribution is -0.136. The van der Waals surface area contributed by atoms with E-state index in [0.29, 0.717) is 64.8 Å². The Morgan fingerprint density at radius 3 is 2.37 bits per heavy atom. The minimum absolute atomic E-state index is 0.0498. The molecule has 5 amide bonds. The summed E-state index contributed by atoms with van der Waals surface area (Å²) in [5.74, 6) is -2.22. The number of carbonyl (C=O) groups excluding carboxylic acids is 5. The summed E-state index contributed by atoms with van der Waals surface area (Å²) < 4.78 is 16.3. The first-order valence-corrected chi connectivity index (χ1v) is 12.7. The van der Waals surface area contributed by atoms with E-state index in [4.69, 9.17) is 14.2 Å². The number of ether oxygens (including phenoxy) is 3. The smallest absolute Gasteiger partial charge is 0.264 e. The minimum Gasteiger partial charge on any atom is -0.382 e. The number of amides is 5. The average molecular weight is 534 g/mol. The van der Waals surface area contributed by atoms with E-state index in [1.807, 2.05) is 7.05 Å². The molecule has 208 valence electrons. The lowest BCUT2D eigenvalue weighted by Crippen LogP contribution is -2.54. The van der Waals surface area contributed by atoms with Crippen molar-refractivity contribution in [1.82, 2.24) is 20.9 Å². The Morgan fingerprint density at radius 1 is 0.947 bits per heavy atom. The first-order chi connectivity index (χ1) is 18.4. The number of piperidine rings is 1. The molecule has 1 saturated heterocycles. The molecule has 1 unspecified atom stereocenters. The van der Waals surface area contributed by atoms with Gasteiger partial charge >= 0.3 is 0 Å². The number of likely N-dealkylation sites (N-methyl/N-ethyl adjacent to an activating group) is 1. The number of hydrogen-bond donors (Lipinski definition) is 4. The molecule has 0 radical (unpaired) electrons. The molecule has 0 bridgehead atoms. The monoisotopic (exact) mass is 533 g/mol. The van der Waals surface area contributed by atoms with Crippen LogP contribution >= 0.6 is 0 Å². The molecule has 0 saturated carbocycles. The number of hydrogen-bond acceptors (Lipinski definition) is 10. The Bertz CT molecular complexity index is 1020. The molecule has 13 nitrogen and oxygen atoms in total. The zero-order valence-electron chi connectivity index (χ0n) is 21.5. The summed E-state index contributed by atoms with van der Waals surface area (Å²) in [6.07, 6.45) is 0.480. The summed E-state index contributed by atoms with van der Waals surface area (Å²) >= 11 is 0. The zero-order chi connectivity index (χ0) is 27.3. The van der Waals surface area contributed by atoms with Crippen molar-refractivity contribution in [2.45, 2.75) is 25.3 Å². The van der Waals surface area contributed by atoms with Crippen molar-refractivity contribution in [3.05, 3.63) is 29.3 Å². The van der Waals surface area contributed by atoms with Crippen LogP contribution in [-0.2, 0) is 28.6 Å². The van der Waals surface area contributed by atoms with Crippen LogP contribution in [0.25, 0.3) is 0 Å². The molecule has 0 spiro atoms. The highest BCUT2D eigenvalue weighted by Gasteiger charge is 2.45. The van der Waals surface area contributed by atoms with Crippen LogP contribution in [0.2, 0.25) is 0 Å². The summed E-state index contributed by atoms with van der Waals surface area (Å²) in [7, 11) is 1.82. The fourth-order valence-electron chi connectivity index (χ4n) is 4.04. The van der Waals surface area contributed by atoms with Gasteiger partial charge in [0.2, 0.25) is 17.7 Å². The molecule has 13 heteroatoms. The van der Waals surface area contributed by atoms with Crippen molar-refractivity contribution in [3.8, 4) is 0 Å². The van der Waals surface area contributed by atoms with Crippen LogP contribution in [0.3, 0.4) is 0 Å². The summed E-state index contributed by atoms with van der Waals surface area (Å²) in [6, 6.07) is 3.89. The number of anilines is 1. The molecule has 4 N–H and O–H groups in total. The van der Waals surface area contributed by atoms with Crippen LogP contribution < -0.4 is 21.3 Å². The molecule has 3 rings (SSSR count). The van der Waals surface area contributed by atoms with Gasteiger partial charge in [-0.25, -0.2) is 0 Å². The van der Waals surface area contributed by atoms with E-state index in [1.165, 1.54) is 0 Å². The largest absolute Gasteiger partial charge is 0.382 e. The average Bonchev–Trinajstić information content (AvgIpc) is 3.15. The van der Waals surface area contributed by atoms with Gasteiger partial charge in [0.15, 0.2) is 0 Å². The third-order valence-electron chi connectivity index (χ3n) is 5.94. The number of nitrogens with zero attached hydrogens (tertiary/aromatic N) is 1. The van der Waals surface area contributed by atoms with E-state index >= 15 is 0 Å². The molecule has 2 aliphatic rings. The summed E-state index contributed by atoms with van der Waals surface area (Å²) in [5, 5.41) is 11.0. The number of imide groups is 2. The maximum atomic E-state index is 13.1. The van der Waals surface area contributed by atoms with Gasteiger partial charge in [-0.05, 0) is 25.6 Å². The molecule has 0 aliphatic carbocycles. The molecular formula is C25H35N5O8. The number of benzene rings is 1. The van der Waals surface area contributed by atoms with E-state index < -0.39 is 29.7 Å². The molecule has 1 aromatic rings. The molecule has 2 heterocycles. The lowest BCUT2D eigenvalue weighted by Gasteiger charge is -2.27. The minimum atomic E-state index is -1.01. The second-order valence-corrected chi connectivity index (χ2v) is 8.64. The van der Waals surface area contributed by atoms with E-state index in [9.17, 15) is 24.0 Å². The van der Waals surface area contributed by atoms with E-state index in [-0.39, 0.29) is 29.9 Å². The van der Waals surface area contributed by atoms with Gasteiger partial charge in [-0.15, -0.1) is 0 Å². The van der Waals surface area contributed by atoms with Gasteiger partial charge in [-0.2, -0.15) is 0 Å². The van der Waals surface area contributed by atoms with Gasteiger partial charge < -0.3 is 30.2 Å². The highest BCUT2D eigenvalue weighted by molar-refractivity contribution is 6.25. The molecule has 1 aromatic carbocycles. The van der Waals surface area contributed by atoms with Gasteiger partial charge in [0.1, 0.15) is 6.04 Å². The molecule has 38 heavy (non-hydrogen) atoms. The number of nitrogens with one attached hydrogen (secondary N) is 4. The Labute approximate surface area is 220 Å². The third kappa shape index (κ3) is 8.05. The normalized spacial score (nSPS) is 17.0. The summed E-state index contributed by atoms with van der Waals surface area (Å²) in [6.45, 7) is 3.87. The van der Waals surface area contributed by atoms with E-state index in [2.05, 4.69) is 21.3 Å². The Balaban J connectivity index is 1.29. The fourth-order valence-corrected chi connectivity index (χ4v) is 4.04. The van der Waals surface area contributed by atoms with Gasteiger partial charge in [-0.3, -0.25) is 34.2 Å². The summed E-state index contributed by atoms with van der Waals surface area (Å²) in [5.41, 5.74) is 0.903. The van der Waals surface area contributed by atoms with Gasteiger partial charge in [-0.1, -0.05) is 6.07 Å². The van der Waals surface area contributed by atoms with Crippen LogP contribution in [0.15, 0.2) is 18.2 Å². The topological polar surface area (TPSA) is 164 Å². The highest BCUT2D eigenvalue weighted by atomic mass is 16.5. The van der Waals surface area contributed by atoms with Gasteiger partial charge in [0.05, 0.1) is 50.8 Å². The maximum Gasteiger partial charge on any atom is 0.264 e. The van der Waals surface area contributed by atoms with Gasteiger partial charge in [0.25, 0.3) is 11.8 Å². The quantitative estimate of drug-likeness (QED) is 0.148. The van der Waals surface area contributed by atoms with Crippen LogP contribution in [0.5, 0.6) is 0 Å². The SMILES string of the molecule is CNCCNC(=O)CCOCCOCCOCCNc1cccc2c1C(=O)N(C1CCC(=O)NC1=O)C2=O. The maximum absolute atomic E-state index is 13.1. The van der Waals surface area contributed by atoms with Crippen LogP contribution in [0.4, 0.5) is 5.69 Å². The number of carbonyl (C=O) groups is 5. The van der Waals surface area contributed by atoms with Gasteiger partial charge in [0, 0.05) is 38.2 Å². The predicted octanol–water partition coefficient (Wildman–Crippen LogP) is -0.725. The number of fused-ring (bicyclic) bond motifs is 1. The molecule has 0 aromatic heterocycles. The molecule has 1 fully saturated rings. The van der Waals surface area contributed by atoms with E-state index in [0.717, 1.165) is 11.4 Å². The molecular weight excluding hydrogens is 498 g/mol. The van der Waals surface area contributed by atoms with Crippen molar-refractivity contribution in [2.24, 2.45) is 0 Å². The summed E-state index contributed by atoms with van der Waals surface area (Å²) in [4.78, 5) is 62.1. The Morgan fingerprint density at radius 2 is 1.66 bits per heavy atom. The van der Waals surface area contributed by atoms with Crippen molar-refractivity contribution < 1.29 is 38.2 Å². The van der Waals surface area contributed by atoms with Crippen molar-refractivity contribution in [1.29, 1.82) is 0 Å². The lowest BCUT2D eigenvalue weighted by atomic mass is 10.0. The van der Waals surface area contributed by atoms with E-state index in [1.54, 1.807) is 18.2 Å². The first-order valence-electron chi connectivity index (χ1n) is 12.7. The second kappa shape index (κ2) is 15.1. The Kier molecular flexibility index (Phi) is 11.6. The van der Waals surface area contributed by atoms with Crippen LogP contribution in [0, 0.1) is 0 Å². The van der Waals surface area contributed by atoms with Crippen molar-refractivity contribution in [2.75, 3.05) is 71.6 Å². The molecule has 1 atom stereocenters. The number of rotatable bonds is 17. The third-order valence-corrected chi connectivity index (χ3v) is 5.94. The van der Waals surface area contributed by atoms with Crippen molar-refractivity contribution in [3.63, 3.8) is 0 Å². The standard InChI is InChI=1S/C25H35N5O8/c1-26-8-9-28-20(31)7-11-36-13-15-38-16-14-37-12-10-27-18-4-2-3-17-22(18)25(35)30(24(17)34)19-5-6-21(32)29-23(19)33/h2-4,19,26-27H,5-16H2,1H3,(H,28,31)(H,29,32,33). The molecule has 2 aliphatic heterocycles. The Hall–Kier alpha value is -3.39. The first kappa shape index (κ1) is 29.2. The fraction of sp³-hybridized carbons (Fsp3) is 0.560. The predicted molar refractivity (Wildman–Crippen MR) is 136 cm³/mol. The zero-order valence-corrected chi connectivity index (χ0v) is 21.5. The second-order valence-electron chi connectivity index (χ2n) is 8.64. The van der Waals surface area contributed by atoms with Crippen LogP contribution in [0.1, 0.15) is 40.0 Å². The van der Waals surface area contributed by atoms with Crippen molar-refractivity contribution >= 4 is 35.2 Å². The highest BCUT2D eigenvalue weighted by Crippen LogP contribution is 2.32. The van der Waals surface area contributed by atoms with Crippen LogP contribution in [-0.4, -0.2) is 107 Å².